The van der Waals surface area contributed by atoms with Gasteiger partial charge in [-0.25, -0.2) is 9.18 Å². The van der Waals surface area contributed by atoms with Gasteiger partial charge in [0, 0.05) is 17.3 Å². The quantitative estimate of drug-likeness (QED) is 0.586. The zero-order chi connectivity index (χ0) is 21.3. The minimum absolute atomic E-state index is 0.202. The van der Waals surface area contributed by atoms with Crippen LogP contribution in [0.5, 0.6) is 11.5 Å². The van der Waals surface area contributed by atoms with Gasteiger partial charge in [0.2, 0.25) is 0 Å². The first-order chi connectivity index (χ1) is 14.5. The molecule has 0 amide bonds. The summed E-state index contributed by atoms with van der Waals surface area (Å²) in [6, 6.07) is 11.0. The number of anilines is 1. The number of nitrogens with zero attached hydrogens (tertiary/aromatic N) is 1. The topological polar surface area (TPSA) is 60.0 Å². The van der Waals surface area contributed by atoms with Crippen molar-refractivity contribution in [2.45, 2.75) is 19.9 Å². The van der Waals surface area contributed by atoms with Crippen molar-refractivity contribution in [3.8, 4) is 11.5 Å². The highest BCUT2D eigenvalue weighted by molar-refractivity contribution is 7.80. The highest BCUT2D eigenvalue weighted by Gasteiger charge is 2.36. The maximum Gasteiger partial charge on any atom is 0.338 e. The molecule has 2 aliphatic heterocycles. The summed E-state index contributed by atoms with van der Waals surface area (Å²) in [5.74, 6) is 0.293. The molecule has 1 atom stereocenters. The molecule has 6 nitrogen and oxygen atoms in total. The molecule has 0 saturated carbocycles. The van der Waals surface area contributed by atoms with Crippen LogP contribution >= 0.6 is 12.2 Å². The van der Waals surface area contributed by atoms with Crippen molar-refractivity contribution in [2.24, 2.45) is 0 Å². The number of ether oxygens (including phenoxy) is 3. The van der Waals surface area contributed by atoms with E-state index in [0.29, 0.717) is 52.3 Å². The van der Waals surface area contributed by atoms with Gasteiger partial charge in [-0.05, 0) is 44.3 Å². The van der Waals surface area contributed by atoms with Crippen LogP contribution in [0.15, 0.2) is 53.7 Å². The minimum atomic E-state index is -0.758. The summed E-state index contributed by atoms with van der Waals surface area (Å²) in [7, 11) is 0. The summed E-state index contributed by atoms with van der Waals surface area (Å²) in [5.41, 5.74) is 1.87. The Bertz CT molecular complexity index is 1040. The number of carbonyl (C=O) groups is 1. The van der Waals surface area contributed by atoms with Crippen molar-refractivity contribution in [3.05, 3.63) is 65.1 Å². The Labute approximate surface area is 179 Å². The van der Waals surface area contributed by atoms with Crippen molar-refractivity contribution in [1.29, 1.82) is 0 Å². The number of esters is 1. The monoisotopic (exact) mass is 428 g/mol. The van der Waals surface area contributed by atoms with Crippen molar-refractivity contribution >= 4 is 29.0 Å². The van der Waals surface area contributed by atoms with E-state index < -0.39 is 17.8 Å². The summed E-state index contributed by atoms with van der Waals surface area (Å²) >= 11 is 5.60. The molecule has 1 N–H and O–H groups in total. The number of halogens is 1. The lowest BCUT2D eigenvalue weighted by molar-refractivity contribution is -0.139. The van der Waals surface area contributed by atoms with Gasteiger partial charge in [-0.15, -0.1) is 0 Å². The van der Waals surface area contributed by atoms with Crippen molar-refractivity contribution in [2.75, 3.05) is 24.7 Å². The van der Waals surface area contributed by atoms with Gasteiger partial charge < -0.3 is 19.5 Å². The Hall–Kier alpha value is -3.13. The number of nitrogens with one attached hydrogen (secondary N) is 1. The van der Waals surface area contributed by atoms with Crippen LogP contribution in [0, 0.1) is 5.82 Å². The van der Waals surface area contributed by atoms with Gasteiger partial charge in [0.15, 0.2) is 16.6 Å². The highest BCUT2D eigenvalue weighted by Crippen LogP contribution is 2.39. The van der Waals surface area contributed by atoms with Crippen LogP contribution < -0.4 is 19.7 Å². The largest absolute Gasteiger partial charge is 0.486 e. The van der Waals surface area contributed by atoms with Gasteiger partial charge in [-0.2, -0.15) is 0 Å². The van der Waals surface area contributed by atoms with E-state index in [9.17, 15) is 9.18 Å². The predicted octanol–water partition coefficient (Wildman–Crippen LogP) is 3.87. The Morgan fingerprint density at radius 3 is 2.70 bits per heavy atom. The zero-order valence-electron chi connectivity index (χ0n) is 16.6. The Kier molecular flexibility index (Phi) is 5.59. The van der Waals surface area contributed by atoms with Gasteiger partial charge in [-0.1, -0.05) is 18.2 Å². The predicted molar refractivity (Wildman–Crippen MR) is 114 cm³/mol. The molecule has 156 valence electrons. The van der Waals surface area contributed by atoms with Crippen LogP contribution in [0.25, 0.3) is 0 Å². The maximum atomic E-state index is 14.6. The van der Waals surface area contributed by atoms with Crippen molar-refractivity contribution < 1.29 is 23.4 Å². The average molecular weight is 428 g/mol. The third kappa shape index (κ3) is 3.59. The van der Waals surface area contributed by atoms with Crippen LogP contribution in [0.2, 0.25) is 0 Å². The lowest BCUT2D eigenvalue weighted by Gasteiger charge is -2.37. The van der Waals surface area contributed by atoms with E-state index in [1.54, 1.807) is 49.1 Å². The first-order valence-electron chi connectivity index (χ1n) is 9.63. The third-order valence-electron chi connectivity index (χ3n) is 4.98. The second kappa shape index (κ2) is 8.31. The van der Waals surface area contributed by atoms with Gasteiger partial charge in [0.1, 0.15) is 19.0 Å². The van der Waals surface area contributed by atoms with Crippen molar-refractivity contribution in [1.82, 2.24) is 5.32 Å². The summed E-state index contributed by atoms with van der Waals surface area (Å²) in [5, 5.41) is 3.45. The Morgan fingerprint density at radius 1 is 1.23 bits per heavy atom. The lowest BCUT2D eigenvalue weighted by Crippen LogP contribution is -2.48. The van der Waals surface area contributed by atoms with E-state index in [1.807, 2.05) is 6.07 Å². The van der Waals surface area contributed by atoms with E-state index in [-0.39, 0.29) is 6.61 Å². The second-order valence-electron chi connectivity index (χ2n) is 6.79. The van der Waals surface area contributed by atoms with E-state index in [0.717, 1.165) is 0 Å². The molecular weight excluding hydrogens is 407 g/mol. The van der Waals surface area contributed by atoms with Gasteiger partial charge >= 0.3 is 5.97 Å². The molecule has 0 aliphatic carbocycles. The van der Waals surface area contributed by atoms with Gasteiger partial charge in [0.05, 0.1) is 23.9 Å². The summed E-state index contributed by atoms with van der Waals surface area (Å²) in [6.45, 7) is 4.65. The van der Waals surface area contributed by atoms with Gasteiger partial charge in [-0.3, -0.25) is 4.90 Å². The standard InChI is InChI=1S/C22H21FN2O4S/c1-3-27-21(26)19-13(2)25(14-8-9-17-18(12-14)29-11-10-28-17)22(30)24-20(19)15-6-4-5-7-16(15)23/h4-9,12,20H,3,10-11H2,1-2H3,(H,24,30)/t20-/m0/s1. The van der Waals surface area contributed by atoms with Crippen LogP contribution in [0.4, 0.5) is 10.1 Å². The fraction of sp³-hybridized carbons (Fsp3) is 0.273. The van der Waals surface area contributed by atoms with Crippen LogP contribution in [-0.2, 0) is 9.53 Å². The first-order valence-corrected chi connectivity index (χ1v) is 10.0. The minimum Gasteiger partial charge on any atom is -0.486 e. The molecule has 0 spiro atoms. The molecule has 2 aromatic rings. The van der Waals surface area contributed by atoms with Crippen molar-refractivity contribution in [3.63, 3.8) is 0 Å². The molecule has 0 aromatic heterocycles. The summed E-state index contributed by atoms with van der Waals surface area (Å²) < 4.78 is 31.1. The molecule has 2 aliphatic rings. The molecule has 4 rings (SSSR count). The number of benzene rings is 2. The third-order valence-corrected chi connectivity index (χ3v) is 5.28. The molecule has 30 heavy (non-hydrogen) atoms. The van der Waals surface area contributed by atoms with Crippen LogP contribution in [-0.4, -0.2) is 30.9 Å². The molecule has 0 bridgehead atoms. The Morgan fingerprint density at radius 2 is 1.97 bits per heavy atom. The lowest BCUT2D eigenvalue weighted by atomic mass is 9.94. The number of carbonyl (C=O) groups excluding carboxylic acids is 1. The number of hydrogen-bond acceptors (Lipinski definition) is 5. The second-order valence-corrected chi connectivity index (χ2v) is 7.17. The average Bonchev–Trinajstić information content (AvgIpc) is 2.73. The van der Waals surface area contributed by atoms with Gasteiger partial charge in [0.25, 0.3) is 0 Å². The molecule has 0 radical (unpaired) electrons. The van der Waals surface area contributed by atoms with E-state index in [1.165, 1.54) is 6.07 Å². The summed E-state index contributed by atoms with van der Waals surface area (Å²) in [6.07, 6.45) is 0. The normalized spacial score (nSPS) is 18.2. The molecule has 0 unspecified atom stereocenters. The number of hydrogen-bond donors (Lipinski definition) is 1. The molecule has 0 saturated heterocycles. The van der Waals surface area contributed by atoms with E-state index in [2.05, 4.69) is 5.32 Å². The molecular formula is C22H21FN2O4S. The molecule has 0 fully saturated rings. The summed E-state index contributed by atoms with van der Waals surface area (Å²) in [4.78, 5) is 14.6. The number of thiocarbonyl (C=S) groups is 1. The molecule has 2 aromatic carbocycles. The van der Waals surface area contributed by atoms with Crippen LogP contribution in [0.3, 0.4) is 0 Å². The molecule has 2 heterocycles. The fourth-order valence-corrected chi connectivity index (χ4v) is 4.00. The number of allylic oxidation sites excluding steroid dienone is 1. The zero-order valence-corrected chi connectivity index (χ0v) is 17.4. The highest BCUT2D eigenvalue weighted by atomic mass is 32.1. The molecule has 8 heteroatoms. The Balaban J connectivity index is 1.82. The number of fused-ring (bicyclic) bond motifs is 1. The smallest absolute Gasteiger partial charge is 0.338 e. The van der Waals surface area contributed by atoms with E-state index in [4.69, 9.17) is 26.4 Å². The maximum absolute atomic E-state index is 14.6. The SMILES string of the molecule is CCOC(=O)C1=C(C)N(c2ccc3c(c2)OCCO3)C(=S)N[C@H]1c1ccccc1F. The first kappa shape index (κ1) is 20.2. The fourth-order valence-electron chi connectivity index (χ4n) is 3.64. The van der Waals surface area contributed by atoms with E-state index >= 15 is 0 Å². The van der Waals surface area contributed by atoms with Crippen LogP contribution in [0.1, 0.15) is 25.5 Å². The number of rotatable bonds is 4.